The highest BCUT2D eigenvalue weighted by Crippen LogP contribution is 2.16. The lowest BCUT2D eigenvalue weighted by Crippen LogP contribution is -2.15. The van der Waals surface area contributed by atoms with Gasteiger partial charge in [-0.3, -0.25) is 4.79 Å². The predicted octanol–water partition coefficient (Wildman–Crippen LogP) is 3.88. The molecule has 0 saturated heterocycles. The maximum atomic E-state index is 11.9. The lowest BCUT2D eigenvalue weighted by Gasteiger charge is -2.04. The molecule has 0 bridgehead atoms. The second-order valence-electron chi connectivity index (χ2n) is 5.10. The van der Waals surface area contributed by atoms with Crippen LogP contribution < -0.4 is 5.56 Å². The van der Waals surface area contributed by atoms with Crippen molar-refractivity contribution in [1.29, 1.82) is 0 Å². The first-order valence-electron chi connectivity index (χ1n) is 7.11. The monoisotopic (exact) mass is 310 g/mol. The molecule has 3 rings (SSSR count). The van der Waals surface area contributed by atoms with E-state index in [-0.39, 0.29) is 5.56 Å². The standard InChI is InChI=1S/C18H15ClN2O/c19-16-10-7-13(8-11-16)6-9-15-12-17(20-21-18(15)22)14-4-2-1-3-5-14/h1-5,7-8,10-12H,6,9H2,(H,21,22). The summed E-state index contributed by atoms with van der Waals surface area (Å²) < 4.78 is 0. The van der Waals surface area contributed by atoms with Gasteiger partial charge >= 0.3 is 0 Å². The Morgan fingerprint density at radius 3 is 2.41 bits per heavy atom. The molecule has 1 N–H and O–H groups in total. The minimum Gasteiger partial charge on any atom is -0.268 e. The Kier molecular flexibility index (Phi) is 4.35. The van der Waals surface area contributed by atoms with Gasteiger partial charge in [-0.25, -0.2) is 5.10 Å². The van der Waals surface area contributed by atoms with E-state index in [1.165, 1.54) is 0 Å². The van der Waals surface area contributed by atoms with E-state index in [9.17, 15) is 4.79 Å². The summed E-state index contributed by atoms with van der Waals surface area (Å²) in [6.07, 6.45) is 1.46. The zero-order valence-corrected chi connectivity index (χ0v) is 12.7. The smallest absolute Gasteiger partial charge is 0.267 e. The summed E-state index contributed by atoms with van der Waals surface area (Å²) in [5.74, 6) is 0. The molecule has 0 fully saturated rings. The maximum absolute atomic E-state index is 11.9. The Balaban J connectivity index is 1.81. The van der Waals surface area contributed by atoms with E-state index in [4.69, 9.17) is 11.6 Å². The van der Waals surface area contributed by atoms with Crippen molar-refractivity contribution in [2.45, 2.75) is 12.8 Å². The second-order valence-corrected chi connectivity index (χ2v) is 5.54. The quantitative estimate of drug-likeness (QED) is 0.795. The van der Waals surface area contributed by atoms with Crippen LogP contribution in [0.4, 0.5) is 0 Å². The zero-order chi connectivity index (χ0) is 15.4. The Hall–Kier alpha value is -2.39. The number of benzene rings is 2. The number of rotatable bonds is 4. The SMILES string of the molecule is O=c1[nH]nc(-c2ccccc2)cc1CCc1ccc(Cl)cc1. The molecule has 0 aliphatic rings. The number of nitrogens with zero attached hydrogens (tertiary/aromatic N) is 1. The molecule has 0 atom stereocenters. The second kappa shape index (κ2) is 6.58. The summed E-state index contributed by atoms with van der Waals surface area (Å²) in [6, 6.07) is 19.4. The van der Waals surface area contributed by atoms with E-state index in [1.54, 1.807) is 0 Å². The first kappa shape index (κ1) is 14.5. The number of aryl methyl sites for hydroxylation is 2. The number of aromatic amines is 1. The van der Waals surface area contributed by atoms with E-state index in [2.05, 4.69) is 10.2 Å². The Bertz CT molecular complexity index is 810. The van der Waals surface area contributed by atoms with Gasteiger partial charge in [0.15, 0.2) is 0 Å². The van der Waals surface area contributed by atoms with Crippen molar-refractivity contribution in [3.05, 3.63) is 87.2 Å². The van der Waals surface area contributed by atoms with Crippen molar-refractivity contribution in [3.63, 3.8) is 0 Å². The first-order chi connectivity index (χ1) is 10.7. The van der Waals surface area contributed by atoms with Crippen molar-refractivity contribution in [1.82, 2.24) is 10.2 Å². The highest BCUT2D eigenvalue weighted by Gasteiger charge is 2.06. The molecule has 3 nitrogen and oxygen atoms in total. The number of nitrogens with one attached hydrogen (secondary N) is 1. The van der Waals surface area contributed by atoms with Crippen molar-refractivity contribution in [2.75, 3.05) is 0 Å². The van der Waals surface area contributed by atoms with Gasteiger partial charge in [-0.2, -0.15) is 5.10 Å². The van der Waals surface area contributed by atoms with Gasteiger partial charge in [-0.15, -0.1) is 0 Å². The minimum absolute atomic E-state index is 0.131. The fourth-order valence-electron chi connectivity index (χ4n) is 2.32. The van der Waals surface area contributed by atoms with Gasteiger partial charge in [0.05, 0.1) is 5.69 Å². The van der Waals surface area contributed by atoms with Crippen LogP contribution in [0.1, 0.15) is 11.1 Å². The van der Waals surface area contributed by atoms with Gasteiger partial charge in [0.25, 0.3) is 5.56 Å². The molecule has 0 aliphatic heterocycles. The third kappa shape index (κ3) is 3.43. The van der Waals surface area contributed by atoms with Crippen LogP contribution in [0.3, 0.4) is 0 Å². The topological polar surface area (TPSA) is 45.8 Å². The van der Waals surface area contributed by atoms with E-state index in [0.29, 0.717) is 6.42 Å². The van der Waals surface area contributed by atoms with E-state index in [1.807, 2.05) is 60.7 Å². The third-order valence-corrected chi connectivity index (χ3v) is 3.80. The van der Waals surface area contributed by atoms with Crippen molar-refractivity contribution >= 4 is 11.6 Å². The molecule has 4 heteroatoms. The Labute approximate surface area is 133 Å². The van der Waals surface area contributed by atoms with Crippen LogP contribution in [0.25, 0.3) is 11.3 Å². The summed E-state index contributed by atoms with van der Waals surface area (Å²) in [7, 11) is 0. The lowest BCUT2D eigenvalue weighted by molar-refractivity contribution is 0.893. The number of halogens is 1. The van der Waals surface area contributed by atoms with E-state index >= 15 is 0 Å². The van der Waals surface area contributed by atoms with Crippen LogP contribution >= 0.6 is 11.6 Å². The summed E-state index contributed by atoms with van der Waals surface area (Å²) in [4.78, 5) is 11.9. The van der Waals surface area contributed by atoms with Crippen molar-refractivity contribution in [3.8, 4) is 11.3 Å². The Morgan fingerprint density at radius 1 is 0.955 bits per heavy atom. The number of hydrogen-bond acceptors (Lipinski definition) is 2. The Morgan fingerprint density at radius 2 is 1.68 bits per heavy atom. The molecule has 0 radical (unpaired) electrons. The normalized spacial score (nSPS) is 10.6. The van der Waals surface area contributed by atoms with Gasteiger partial charge in [0, 0.05) is 16.1 Å². The van der Waals surface area contributed by atoms with Crippen molar-refractivity contribution in [2.24, 2.45) is 0 Å². The molecule has 3 aromatic rings. The van der Waals surface area contributed by atoms with Crippen LogP contribution in [0.2, 0.25) is 5.02 Å². The highest BCUT2D eigenvalue weighted by molar-refractivity contribution is 6.30. The molecule has 0 spiro atoms. The van der Waals surface area contributed by atoms with Gasteiger partial charge in [-0.1, -0.05) is 54.1 Å². The van der Waals surface area contributed by atoms with Crippen LogP contribution in [0.5, 0.6) is 0 Å². The molecule has 2 aromatic carbocycles. The van der Waals surface area contributed by atoms with Crippen molar-refractivity contribution < 1.29 is 0 Å². The summed E-state index contributed by atoms with van der Waals surface area (Å²) in [6.45, 7) is 0. The van der Waals surface area contributed by atoms with Crippen LogP contribution in [0, 0.1) is 0 Å². The highest BCUT2D eigenvalue weighted by atomic mass is 35.5. The molecule has 22 heavy (non-hydrogen) atoms. The molecule has 0 saturated carbocycles. The van der Waals surface area contributed by atoms with E-state index < -0.39 is 0 Å². The molecule has 1 heterocycles. The number of H-pyrrole nitrogens is 1. The molecular weight excluding hydrogens is 296 g/mol. The van der Waals surface area contributed by atoms with Gasteiger partial charge < -0.3 is 0 Å². The maximum Gasteiger partial charge on any atom is 0.267 e. The first-order valence-corrected chi connectivity index (χ1v) is 7.48. The molecule has 0 unspecified atom stereocenters. The molecule has 110 valence electrons. The molecule has 0 aliphatic carbocycles. The zero-order valence-electron chi connectivity index (χ0n) is 11.9. The van der Waals surface area contributed by atoms with E-state index in [0.717, 1.165) is 33.8 Å². The molecule has 1 aromatic heterocycles. The van der Waals surface area contributed by atoms with Gasteiger partial charge in [-0.05, 0) is 36.6 Å². The number of aromatic nitrogens is 2. The fourth-order valence-corrected chi connectivity index (χ4v) is 2.44. The summed E-state index contributed by atoms with van der Waals surface area (Å²) in [5.41, 5.74) is 3.54. The molecular formula is C18H15ClN2O. The minimum atomic E-state index is -0.131. The average Bonchev–Trinajstić information content (AvgIpc) is 2.56. The molecule has 0 amide bonds. The third-order valence-electron chi connectivity index (χ3n) is 3.55. The van der Waals surface area contributed by atoms with Crippen LogP contribution in [-0.2, 0) is 12.8 Å². The van der Waals surface area contributed by atoms with Gasteiger partial charge in [0.1, 0.15) is 0 Å². The van der Waals surface area contributed by atoms with Gasteiger partial charge in [0.2, 0.25) is 0 Å². The average molecular weight is 311 g/mol. The largest absolute Gasteiger partial charge is 0.268 e. The summed E-state index contributed by atoms with van der Waals surface area (Å²) >= 11 is 5.88. The summed E-state index contributed by atoms with van der Waals surface area (Å²) in [5, 5.41) is 7.43. The lowest BCUT2D eigenvalue weighted by atomic mass is 10.0. The van der Waals surface area contributed by atoms with Crippen LogP contribution in [-0.4, -0.2) is 10.2 Å². The number of hydrogen-bond donors (Lipinski definition) is 1. The van der Waals surface area contributed by atoms with Crippen LogP contribution in [0.15, 0.2) is 65.5 Å². The predicted molar refractivity (Wildman–Crippen MR) is 89.2 cm³/mol. The fraction of sp³-hybridized carbons (Fsp3) is 0.111.